The Bertz CT molecular complexity index is 708. The van der Waals surface area contributed by atoms with Gasteiger partial charge < -0.3 is 10.1 Å². The lowest BCUT2D eigenvalue weighted by Gasteiger charge is -2.17. The molecule has 1 aliphatic heterocycles. The third kappa shape index (κ3) is 2.38. The van der Waals surface area contributed by atoms with Gasteiger partial charge in [0.2, 0.25) is 5.91 Å². The van der Waals surface area contributed by atoms with E-state index >= 15 is 0 Å². The molecule has 0 aliphatic carbocycles. The second kappa shape index (κ2) is 5.14. The monoisotopic (exact) mass is 365 g/mol. The van der Waals surface area contributed by atoms with E-state index in [1.54, 1.807) is 18.4 Å². The van der Waals surface area contributed by atoms with Crippen LogP contribution in [0.3, 0.4) is 0 Å². The predicted octanol–water partition coefficient (Wildman–Crippen LogP) is 4.47. The van der Waals surface area contributed by atoms with Crippen molar-refractivity contribution in [3.8, 4) is 5.75 Å². The quantitative estimate of drug-likeness (QED) is 0.814. The van der Waals surface area contributed by atoms with Crippen LogP contribution in [-0.2, 0) is 10.2 Å². The molecule has 0 saturated heterocycles. The molecule has 0 spiro atoms. The van der Waals surface area contributed by atoms with Crippen molar-refractivity contribution >= 4 is 38.9 Å². The molecule has 0 radical (unpaired) electrons. The molecule has 0 fully saturated rings. The molecule has 3 rings (SSSR count). The van der Waals surface area contributed by atoms with E-state index in [4.69, 9.17) is 4.74 Å². The highest BCUT2D eigenvalue weighted by molar-refractivity contribution is 9.09. The number of methoxy groups -OCH3 is 1. The number of fused-ring (bicyclic) bond motifs is 1. The first-order valence-corrected chi connectivity index (χ1v) is 8.45. The predicted molar refractivity (Wildman–Crippen MR) is 89.7 cm³/mol. The zero-order chi connectivity index (χ0) is 15.2. The molecule has 21 heavy (non-hydrogen) atoms. The highest BCUT2D eigenvalue weighted by atomic mass is 79.9. The van der Waals surface area contributed by atoms with Gasteiger partial charge in [-0.1, -0.05) is 28.1 Å². The molecule has 2 heterocycles. The molecule has 0 saturated carbocycles. The number of nitrogens with one attached hydrogen (secondary N) is 1. The second-order valence-corrected chi connectivity index (χ2v) is 7.49. The number of hydrogen-bond donors (Lipinski definition) is 1. The summed E-state index contributed by atoms with van der Waals surface area (Å²) in [7, 11) is 1.67. The lowest BCUT2D eigenvalue weighted by atomic mass is 9.85. The normalized spacial score (nSPS) is 17.2. The number of anilines is 1. The maximum absolute atomic E-state index is 12.0. The number of halogens is 1. The molecular weight excluding hydrogens is 350 g/mol. The van der Waals surface area contributed by atoms with Crippen LogP contribution in [0.2, 0.25) is 0 Å². The van der Waals surface area contributed by atoms with E-state index in [-0.39, 0.29) is 10.7 Å². The zero-order valence-electron chi connectivity index (χ0n) is 12.1. The summed E-state index contributed by atoms with van der Waals surface area (Å²) >= 11 is 5.40. The summed E-state index contributed by atoms with van der Waals surface area (Å²) in [6.45, 7) is 3.91. The van der Waals surface area contributed by atoms with E-state index in [9.17, 15) is 4.79 Å². The van der Waals surface area contributed by atoms with Crippen LogP contribution in [0.5, 0.6) is 5.75 Å². The second-order valence-electron chi connectivity index (χ2n) is 5.64. The molecule has 1 N–H and O–H groups in total. The molecule has 5 heteroatoms. The third-order valence-electron chi connectivity index (χ3n) is 3.91. The minimum atomic E-state index is -0.481. The van der Waals surface area contributed by atoms with Gasteiger partial charge in [0.05, 0.1) is 17.4 Å². The Morgan fingerprint density at radius 3 is 2.76 bits per heavy atom. The van der Waals surface area contributed by atoms with Gasteiger partial charge in [-0.25, -0.2) is 0 Å². The Labute approximate surface area is 136 Å². The van der Waals surface area contributed by atoms with E-state index in [1.165, 1.54) is 4.88 Å². The highest BCUT2D eigenvalue weighted by Crippen LogP contribution is 2.42. The van der Waals surface area contributed by atoms with Gasteiger partial charge in [-0.05, 0) is 37.1 Å². The Hall–Kier alpha value is -1.33. The molecule has 3 nitrogen and oxygen atoms in total. The fraction of sp³-hybridized carbons (Fsp3) is 0.312. The van der Waals surface area contributed by atoms with Crippen LogP contribution in [-0.4, -0.2) is 13.0 Å². The lowest BCUT2D eigenvalue weighted by Crippen LogP contribution is -2.26. The van der Waals surface area contributed by atoms with Gasteiger partial charge >= 0.3 is 0 Å². The van der Waals surface area contributed by atoms with Crippen LogP contribution in [0, 0.1) is 0 Å². The van der Waals surface area contributed by atoms with Gasteiger partial charge in [-0.2, -0.15) is 0 Å². The van der Waals surface area contributed by atoms with Gasteiger partial charge in [0.25, 0.3) is 0 Å². The van der Waals surface area contributed by atoms with E-state index in [0.29, 0.717) is 0 Å². The van der Waals surface area contributed by atoms with Gasteiger partial charge in [-0.3, -0.25) is 4.79 Å². The topological polar surface area (TPSA) is 38.3 Å². The summed E-state index contributed by atoms with van der Waals surface area (Å²) in [6, 6.07) is 8.17. The number of hydrogen-bond acceptors (Lipinski definition) is 3. The standard InChI is InChI=1S/C16H16BrNO2S/c1-16(2)11-6-9(4-5-12(11)18-15(16)19)14(17)13-7-10(20-3)8-21-13/h4-8,14H,1-3H3,(H,18,19). The minimum Gasteiger partial charge on any atom is -0.496 e. The van der Waals surface area contributed by atoms with Crippen molar-refractivity contribution in [1.82, 2.24) is 0 Å². The Morgan fingerprint density at radius 2 is 2.10 bits per heavy atom. The van der Waals surface area contributed by atoms with Gasteiger partial charge in [0, 0.05) is 15.9 Å². The number of carbonyl (C=O) groups excluding carboxylic acids is 1. The summed E-state index contributed by atoms with van der Waals surface area (Å²) in [5, 5.41) is 4.93. The minimum absolute atomic E-state index is 0.0542. The summed E-state index contributed by atoms with van der Waals surface area (Å²) < 4.78 is 5.24. The van der Waals surface area contributed by atoms with Gasteiger partial charge in [0.1, 0.15) is 5.75 Å². The number of benzene rings is 1. The van der Waals surface area contributed by atoms with Crippen molar-refractivity contribution in [2.24, 2.45) is 0 Å². The molecule has 0 bridgehead atoms. The number of amides is 1. The Balaban J connectivity index is 1.98. The highest BCUT2D eigenvalue weighted by Gasteiger charge is 2.38. The van der Waals surface area contributed by atoms with E-state index in [1.807, 2.05) is 37.4 Å². The molecule has 1 amide bonds. The molecule has 1 atom stereocenters. The Morgan fingerprint density at radius 1 is 1.33 bits per heavy atom. The van der Waals surface area contributed by atoms with E-state index < -0.39 is 5.41 Å². The molecule has 2 aromatic rings. The first-order chi connectivity index (χ1) is 9.93. The van der Waals surface area contributed by atoms with Gasteiger partial charge in [0.15, 0.2) is 0 Å². The lowest BCUT2D eigenvalue weighted by molar-refractivity contribution is -0.119. The van der Waals surface area contributed by atoms with Gasteiger partial charge in [-0.15, -0.1) is 11.3 Å². The number of rotatable bonds is 3. The third-order valence-corrected chi connectivity index (χ3v) is 6.21. The van der Waals surface area contributed by atoms with Crippen molar-refractivity contribution in [1.29, 1.82) is 0 Å². The smallest absolute Gasteiger partial charge is 0.234 e. The molecular formula is C16H16BrNO2S. The SMILES string of the molecule is COc1csc(C(Br)c2ccc3c(c2)C(C)(C)C(=O)N3)c1. The number of thiophene rings is 1. The van der Waals surface area contributed by atoms with Crippen LogP contribution in [0.15, 0.2) is 29.6 Å². The van der Waals surface area contributed by atoms with Crippen LogP contribution in [0.25, 0.3) is 0 Å². The van der Waals surface area contributed by atoms with Crippen LogP contribution >= 0.6 is 27.3 Å². The summed E-state index contributed by atoms with van der Waals surface area (Å²) in [5.41, 5.74) is 2.63. The first-order valence-electron chi connectivity index (χ1n) is 6.66. The van der Waals surface area contributed by atoms with E-state index in [2.05, 4.69) is 27.3 Å². The zero-order valence-corrected chi connectivity index (χ0v) is 14.5. The largest absolute Gasteiger partial charge is 0.496 e. The molecule has 1 unspecified atom stereocenters. The average molecular weight is 366 g/mol. The van der Waals surface area contributed by atoms with Crippen molar-refractivity contribution in [3.63, 3.8) is 0 Å². The number of carbonyl (C=O) groups is 1. The summed E-state index contributed by atoms with van der Waals surface area (Å²) in [4.78, 5) is 13.3. The molecule has 1 aromatic carbocycles. The fourth-order valence-electron chi connectivity index (χ4n) is 2.49. The maximum atomic E-state index is 12.0. The average Bonchev–Trinajstić information content (AvgIpc) is 3.02. The summed E-state index contributed by atoms with van der Waals surface area (Å²) in [5.74, 6) is 0.927. The fourth-order valence-corrected chi connectivity index (χ4v) is 4.08. The van der Waals surface area contributed by atoms with Crippen molar-refractivity contribution < 1.29 is 9.53 Å². The Kier molecular flexibility index (Phi) is 3.58. The maximum Gasteiger partial charge on any atom is 0.234 e. The first kappa shape index (κ1) is 14.6. The van der Waals surface area contributed by atoms with Crippen molar-refractivity contribution in [2.45, 2.75) is 24.1 Å². The number of ether oxygens (including phenoxy) is 1. The van der Waals surface area contributed by atoms with Crippen LogP contribution in [0.4, 0.5) is 5.69 Å². The van der Waals surface area contributed by atoms with Crippen molar-refractivity contribution in [2.75, 3.05) is 12.4 Å². The molecule has 1 aliphatic rings. The van der Waals surface area contributed by atoms with Crippen molar-refractivity contribution in [3.05, 3.63) is 45.6 Å². The summed E-state index contributed by atoms with van der Waals surface area (Å²) in [6.07, 6.45) is 0. The molecule has 1 aromatic heterocycles. The van der Waals surface area contributed by atoms with Crippen LogP contribution in [0.1, 0.15) is 34.7 Å². The number of alkyl halides is 1. The van der Waals surface area contributed by atoms with Crippen LogP contribution < -0.4 is 10.1 Å². The van der Waals surface area contributed by atoms with E-state index in [0.717, 1.165) is 22.6 Å². The molecule has 110 valence electrons.